The molecule has 3 heteroatoms. The van der Waals surface area contributed by atoms with Crippen LogP contribution in [0.25, 0.3) is 0 Å². The Kier molecular flexibility index (Phi) is 2.91. The summed E-state index contributed by atoms with van der Waals surface area (Å²) in [6, 6.07) is 6.28. The lowest BCUT2D eigenvalue weighted by atomic mass is 10.2. The van der Waals surface area contributed by atoms with E-state index in [0.717, 1.165) is 5.56 Å². The number of halogens is 1. The molecule has 0 saturated carbocycles. The standard InChI is InChI=1S/C8H10FNS/c1-10-8(11)6-2-4-7(9)5-3-6/h2-5,8,10-11H,1H3. The summed E-state index contributed by atoms with van der Waals surface area (Å²) in [6.07, 6.45) is 0. The molecule has 0 fully saturated rings. The molecule has 11 heavy (non-hydrogen) atoms. The number of thiol groups is 1. The Balaban J connectivity index is 2.81. The topological polar surface area (TPSA) is 12.0 Å². The van der Waals surface area contributed by atoms with Crippen molar-refractivity contribution < 1.29 is 4.39 Å². The van der Waals surface area contributed by atoms with Gasteiger partial charge in [-0.1, -0.05) is 12.1 Å². The highest BCUT2D eigenvalue weighted by Gasteiger charge is 2.01. The third-order valence-electron chi connectivity index (χ3n) is 1.46. The molecule has 1 nitrogen and oxygen atoms in total. The highest BCUT2D eigenvalue weighted by atomic mass is 32.1. The largest absolute Gasteiger partial charge is 0.305 e. The van der Waals surface area contributed by atoms with Crippen molar-refractivity contribution in [1.29, 1.82) is 0 Å². The molecule has 1 aromatic rings. The molecule has 1 unspecified atom stereocenters. The SMILES string of the molecule is CNC(S)c1ccc(F)cc1. The lowest BCUT2D eigenvalue weighted by Crippen LogP contribution is -2.09. The molecule has 0 heterocycles. The Hall–Kier alpha value is -0.540. The van der Waals surface area contributed by atoms with Crippen molar-refractivity contribution >= 4 is 12.6 Å². The fourth-order valence-corrected chi connectivity index (χ4v) is 0.984. The number of hydrogen-bond acceptors (Lipinski definition) is 2. The third kappa shape index (κ3) is 2.20. The van der Waals surface area contributed by atoms with Crippen molar-refractivity contribution in [3.05, 3.63) is 35.6 Å². The molecule has 1 N–H and O–H groups in total. The van der Waals surface area contributed by atoms with Gasteiger partial charge in [-0.05, 0) is 24.7 Å². The van der Waals surface area contributed by atoms with Crippen LogP contribution in [-0.4, -0.2) is 7.05 Å². The summed E-state index contributed by atoms with van der Waals surface area (Å²) in [5.41, 5.74) is 0.970. The van der Waals surface area contributed by atoms with E-state index in [9.17, 15) is 4.39 Å². The van der Waals surface area contributed by atoms with E-state index in [4.69, 9.17) is 0 Å². The summed E-state index contributed by atoms with van der Waals surface area (Å²) in [4.78, 5) is 0. The molecule has 0 aliphatic carbocycles. The van der Waals surface area contributed by atoms with E-state index in [1.165, 1.54) is 12.1 Å². The van der Waals surface area contributed by atoms with Crippen molar-refractivity contribution in [2.75, 3.05) is 7.05 Å². The molecule has 1 aromatic carbocycles. The third-order valence-corrected chi connectivity index (χ3v) is 2.02. The van der Waals surface area contributed by atoms with Crippen LogP contribution in [-0.2, 0) is 0 Å². The van der Waals surface area contributed by atoms with Crippen LogP contribution < -0.4 is 5.32 Å². The fourth-order valence-electron chi connectivity index (χ4n) is 0.812. The minimum atomic E-state index is -0.217. The minimum Gasteiger partial charge on any atom is -0.305 e. The van der Waals surface area contributed by atoms with Gasteiger partial charge in [-0.15, -0.1) is 0 Å². The first-order valence-electron chi connectivity index (χ1n) is 3.35. The number of rotatable bonds is 2. The summed E-state index contributed by atoms with van der Waals surface area (Å²) in [6.45, 7) is 0. The van der Waals surface area contributed by atoms with Gasteiger partial charge in [0.25, 0.3) is 0 Å². The van der Waals surface area contributed by atoms with Gasteiger partial charge in [0.2, 0.25) is 0 Å². The number of benzene rings is 1. The minimum absolute atomic E-state index is 0.0180. The van der Waals surface area contributed by atoms with E-state index < -0.39 is 0 Å². The van der Waals surface area contributed by atoms with E-state index in [1.54, 1.807) is 19.2 Å². The van der Waals surface area contributed by atoms with Gasteiger partial charge in [-0.2, -0.15) is 12.6 Å². The summed E-state index contributed by atoms with van der Waals surface area (Å²) in [5, 5.41) is 2.92. The van der Waals surface area contributed by atoms with Gasteiger partial charge in [-0.3, -0.25) is 0 Å². The molecule has 0 aromatic heterocycles. The lowest BCUT2D eigenvalue weighted by Gasteiger charge is -2.08. The normalized spacial score (nSPS) is 13.0. The van der Waals surface area contributed by atoms with Gasteiger partial charge in [-0.25, -0.2) is 4.39 Å². The second-order valence-electron chi connectivity index (χ2n) is 2.24. The monoisotopic (exact) mass is 171 g/mol. The first-order chi connectivity index (χ1) is 5.24. The maximum absolute atomic E-state index is 12.4. The molecule has 0 saturated heterocycles. The maximum Gasteiger partial charge on any atom is 0.123 e. The second-order valence-corrected chi connectivity index (χ2v) is 2.76. The summed E-state index contributed by atoms with van der Waals surface area (Å²) in [7, 11) is 1.81. The van der Waals surface area contributed by atoms with E-state index in [2.05, 4.69) is 17.9 Å². The van der Waals surface area contributed by atoms with Crippen LogP contribution in [0, 0.1) is 5.82 Å². The summed E-state index contributed by atoms with van der Waals surface area (Å²) >= 11 is 4.22. The zero-order chi connectivity index (χ0) is 8.27. The first-order valence-corrected chi connectivity index (χ1v) is 3.86. The van der Waals surface area contributed by atoms with Crippen molar-refractivity contribution in [2.24, 2.45) is 0 Å². The summed E-state index contributed by atoms with van der Waals surface area (Å²) in [5.74, 6) is -0.217. The molecule has 1 atom stereocenters. The van der Waals surface area contributed by atoms with E-state index in [0.29, 0.717) is 0 Å². The van der Waals surface area contributed by atoms with Gasteiger partial charge in [0, 0.05) is 0 Å². The summed E-state index contributed by atoms with van der Waals surface area (Å²) < 4.78 is 12.4. The smallest absolute Gasteiger partial charge is 0.123 e. The van der Waals surface area contributed by atoms with Crippen LogP contribution in [0.5, 0.6) is 0 Å². The predicted octanol–water partition coefficient (Wildman–Crippen LogP) is 1.97. The number of hydrogen-bond donors (Lipinski definition) is 2. The van der Waals surface area contributed by atoms with Gasteiger partial charge in [0.15, 0.2) is 0 Å². The Morgan fingerprint density at radius 1 is 1.36 bits per heavy atom. The lowest BCUT2D eigenvalue weighted by molar-refractivity contribution is 0.626. The van der Waals surface area contributed by atoms with Crippen LogP contribution in [0.3, 0.4) is 0 Å². The van der Waals surface area contributed by atoms with Crippen molar-refractivity contribution in [1.82, 2.24) is 5.32 Å². The highest BCUT2D eigenvalue weighted by molar-refractivity contribution is 7.80. The molecule has 0 spiro atoms. The molecule has 60 valence electrons. The van der Waals surface area contributed by atoms with Crippen LogP contribution in [0.2, 0.25) is 0 Å². The zero-order valence-electron chi connectivity index (χ0n) is 6.21. The van der Waals surface area contributed by atoms with Crippen LogP contribution >= 0.6 is 12.6 Å². The van der Waals surface area contributed by atoms with Crippen molar-refractivity contribution in [2.45, 2.75) is 5.37 Å². The van der Waals surface area contributed by atoms with Gasteiger partial charge >= 0.3 is 0 Å². The zero-order valence-corrected chi connectivity index (χ0v) is 7.11. The van der Waals surface area contributed by atoms with E-state index in [-0.39, 0.29) is 11.2 Å². The van der Waals surface area contributed by atoms with E-state index in [1.807, 2.05) is 0 Å². The van der Waals surface area contributed by atoms with Gasteiger partial charge in [0.05, 0.1) is 5.37 Å². The molecule has 0 aliphatic rings. The predicted molar refractivity (Wildman–Crippen MR) is 47.2 cm³/mol. The fraction of sp³-hybridized carbons (Fsp3) is 0.250. The Morgan fingerprint density at radius 2 is 1.91 bits per heavy atom. The molecule has 0 radical (unpaired) electrons. The van der Waals surface area contributed by atoms with Gasteiger partial charge in [0.1, 0.15) is 5.82 Å². The average Bonchev–Trinajstić information content (AvgIpc) is 2.05. The molecular weight excluding hydrogens is 161 g/mol. The van der Waals surface area contributed by atoms with Crippen LogP contribution in [0.1, 0.15) is 10.9 Å². The Morgan fingerprint density at radius 3 is 2.36 bits per heavy atom. The molecular formula is C8H10FNS. The quantitative estimate of drug-likeness (QED) is 0.512. The van der Waals surface area contributed by atoms with Crippen LogP contribution in [0.4, 0.5) is 4.39 Å². The molecule has 0 aliphatic heterocycles. The molecule has 0 amide bonds. The molecule has 1 rings (SSSR count). The second kappa shape index (κ2) is 3.74. The average molecular weight is 171 g/mol. The van der Waals surface area contributed by atoms with Crippen molar-refractivity contribution in [3.63, 3.8) is 0 Å². The van der Waals surface area contributed by atoms with Crippen LogP contribution in [0.15, 0.2) is 24.3 Å². The van der Waals surface area contributed by atoms with Crippen molar-refractivity contribution in [3.8, 4) is 0 Å². The number of nitrogens with one attached hydrogen (secondary N) is 1. The first kappa shape index (κ1) is 8.56. The Labute approximate surface area is 71.0 Å². The maximum atomic E-state index is 12.4. The highest BCUT2D eigenvalue weighted by Crippen LogP contribution is 2.15. The van der Waals surface area contributed by atoms with E-state index >= 15 is 0 Å². The Bertz CT molecular complexity index is 222. The molecule has 0 bridgehead atoms. The van der Waals surface area contributed by atoms with Gasteiger partial charge < -0.3 is 5.32 Å².